The number of hydrogen-bond acceptors (Lipinski definition) is 2. The molecule has 27 heavy (non-hydrogen) atoms. The second kappa shape index (κ2) is 8.66. The smallest absolute Gasteiger partial charge is 0.317 e. The molecule has 1 fully saturated rings. The minimum absolute atomic E-state index is 0.0746. The van der Waals surface area contributed by atoms with Crippen LogP contribution < -0.4 is 11.1 Å². The van der Waals surface area contributed by atoms with E-state index in [1.807, 2.05) is 11.0 Å². The highest BCUT2D eigenvalue weighted by atomic mass is 19.1. The maximum Gasteiger partial charge on any atom is 0.317 e. The number of rotatable bonds is 5. The Hall–Kier alpha value is -2.89. The fourth-order valence-corrected chi connectivity index (χ4v) is 3.46. The molecule has 0 atom stereocenters. The van der Waals surface area contributed by atoms with Crippen LogP contribution in [0, 0.1) is 17.1 Å². The minimum Gasteiger partial charge on any atom is -0.384 e. The third kappa shape index (κ3) is 5.06. The van der Waals surface area contributed by atoms with E-state index in [9.17, 15) is 9.18 Å². The maximum absolute atomic E-state index is 13.9. The van der Waals surface area contributed by atoms with Crippen molar-refractivity contribution >= 4 is 11.9 Å². The van der Waals surface area contributed by atoms with E-state index in [0.29, 0.717) is 11.5 Å². The van der Waals surface area contributed by atoms with Gasteiger partial charge in [0.25, 0.3) is 0 Å². The summed E-state index contributed by atoms with van der Waals surface area (Å²) in [6.45, 7) is 1.72. The number of amidine groups is 1. The zero-order chi connectivity index (χ0) is 19.2. The van der Waals surface area contributed by atoms with Crippen molar-refractivity contribution in [3.63, 3.8) is 0 Å². The van der Waals surface area contributed by atoms with E-state index in [2.05, 4.69) is 29.6 Å². The van der Waals surface area contributed by atoms with Crippen molar-refractivity contribution in [1.82, 2.24) is 10.2 Å². The number of urea groups is 1. The molecule has 2 aromatic carbocycles. The van der Waals surface area contributed by atoms with Gasteiger partial charge in [0.15, 0.2) is 0 Å². The van der Waals surface area contributed by atoms with Gasteiger partial charge in [-0.25, -0.2) is 9.18 Å². The largest absolute Gasteiger partial charge is 0.384 e. The number of nitrogens with one attached hydrogen (secondary N) is 2. The molecular formula is C21H25FN4O. The second-order valence-corrected chi connectivity index (χ2v) is 7.01. The molecule has 0 aliphatic carbocycles. The molecule has 0 saturated carbocycles. The average molecular weight is 368 g/mol. The summed E-state index contributed by atoms with van der Waals surface area (Å²) in [5, 5.41) is 10.1. The van der Waals surface area contributed by atoms with Gasteiger partial charge in [0.05, 0.1) is 5.56 Å². The van der Waals surface area contributed by atoms with E-state index in [0.717, 1.165) is 32.4 Å². The molecule has 0 radical (unpaired) electrons. The molecule has 1 saturated heterocycles. The number of nitrogen functional groups attached to an aromatic ring is 1. The fraction of sp³-hybridized carbons (Fsp3) is 0.333. The Morgan fingerprint density at radius 1 is 1.15 bits per heavy atom. The van der Waals surface area contributed by atoms with Crippen LogP contribution in [0.3, 0.4) is 0 Å². The number of likely N-dealkylation sites (tertiary alicyclic amines) is 1. The van der Waals surface area contributed by atoms with Crippen LogP contribution in [0.1, 0.15) is 29.5 Å². The highest BCUT2D eigenvalue weighted by Crippen LogP contribution is 2.21. The van der Waals surface area contributed by atoms with Crippen molar-refractivity contribution in [3.8, 4) is 0 Å². The fourth-order valence-electron chi connectivity index (χ4n) is 3.46. The summed E-state index contributed by atoms with van der Waals surface area (Å²) < 4.78 is 13.9. The zero-order valence-corrected chi connectivity index (χ0v) is 15.2. The van der Waals surface area contributed by atoms with Crippen LogP contribution in [-0.2, 0) is 13.0 Å². The molecular weight excluding hydrogens is 343 g/mol. The number of nitrogens with zero attached hydrogens (tertiary/aromatic N) is 1. The molecule has 4 N–H and O–H groups in total. The Morgan fingerprint density at radius 3 is 2.48 bits per heavy atom. The van der Waals surface area contributed by atoms with Crippen LogP contribution in [0.15, 0.2) is 48.5 Å². The van der Waals surface area contributed by atoms with Gasteiger partial charge in [-0.2, -0.15) is 0 Å². The van der Waals surface area contributed by atoms with Crippen LogP contribution >= 0.6 is 0 Å². The first-order chi connectivity index (χ1) is 13.0. The summed E-state index contributed by atoms with van der Waals surface area (Å²) in [6.07, 6.45) is 3.03. The molecule has 142 valence electrons. The van der Waals surface area contributed by atoms with Crippen molar-refractivity contribution in [1.29, 1.82) is 5.41 Å². The lowest BCUT2D eigenvalue weighted by Crippen LogP contribution is -2.44. The van der Waals surface area contributed by atoms with Crippen molar-refractivity contribution in [3.05, 3.63) is 71.0 Å². The zero-order valence-electron chi connectivity index (χ0n) is 15.2. The molecule has 1 aliphatic heterocycles. The molecule has 2 amide bonds. The van der Waals surface area contributed by atoms with E-state index in [1.165, 1.54) is 17.7 Å². The predicted octanol–water partition coefficient (Wildman–Crippen LogP) is 3.27. The summed E-state index contributed by atoms with van der Waals surface area (Å²) in [5.74, 6) is -0.248. The molecule has 1 heterocycles. The highest BCUT2D eigenvalue weighted by molar-refractivity contribution is 5.95. The molecule has 2 aromatic rings. The van der Waals surface area contributed by atoms with Gasteiger partial charge in [-0.15, -0.1) is 0 Å². The van der Waals surface area contributed by atoms with Gasteiger partial charge in [0, 0.05) is 19.6 Å². The van der Waals surface area contributed by atoms with Gasteiger partial charge in [-0.3, -0.25) is 5.41 Å². The first-order valence-electron chi connectivity index (χ1n) is 9.22. The van der Waals surface area contributed by atoms with Gasteiger partial charge in [0.2, 0.25) is 0 Å². The Kier molecular flexibility index (Phi) is 6.06. The summed E-state index contributed by atoms with van der Waals surface area (Å²) >= 11 is 0. The van der Waals surface area contributed by atoms with Crippen molar-refractivity contribution in [2.24, 2.45) is 11.7 Å². The minimum atomic E-state index is -0.545. The Morgan fingerprint density at radius 2 is 1.85 bits per heavy atom. The maximum atomic E-state index is 13.9. The van der Waals surface area contributed by atoms with E-state index in [1.54, 1.807) is 6.07 Å². The number of hydrogen-bond donors (Lipinski definition) is 3. The lowest BCUT2D eigenvalue weighted by atomic mass is 9.90. The van der Waals surface area contributed by atoms with Crippen LogP contribution in [0.2, 0.25) is 0 Å². The Balaban J connectivity index is 1.46. The first-order valence-corrected chi connectivity index (χ1v) is 9.22. The monoisotopic (exact) mass is 368 g/mol. The Labute approximate surface area is 158 Å². The number of piperidine rings is 1. The van der Waals surface area contributed by atoms with Crippen molar-refractivity contribution in [2.45, 2.75) is 25.8 Å². The van der Waals surface area contributed by atoms with Gasteiger partial charge in [-0.05, 0) is 48.4 Å². The third-order valence-corrected chi connectivity index (χ3v) is 5.04. The molecule has 1 aliphatic rings. The molecule has 5 nitrogen and oxygen atoms in total. The second-order valence-electron chi connectivity index (χ2n) is 7.01. The average Bonchev–Trinajstić information content (AvgIpc) is 2.67. The Bertz CT molecular complexity index is 801. The van der Waals surface area contributed by atoms with E-state index in [4.69, 9.17) is 11.1 Å². The van der Waals surface area contributed by atoms with E-state index >= 15 is 0 Å². The summed E-state index contributed by atoms with van der Waals surface area (Å²) in [5.41, 5.74) is 7.37. The SMILES string of the molecule is N=C(N)c1ccc(CNC(=O)N2CCC(Cc3ccccc3)CC2)cc1F. The van der Waals surface area contributed by atoms with Gasteiger partial charge < -0.3 is 16.0 Å². The lowest BCUT2D eigenvalue weighted by Gasteiger charge is -2.32. The topological polar surface area (TPSA) is 82.2 Å². The normalized spacial score (nSPS) is 14.8. The van der Waals surface area contributed by atoms with E-state index in [-0.39, 0.29) is 24.0 Å². The number of amides is 2. The molecule has 0 aromatic heterocycles. The molecule has 0 unspecified atom stereocenters. The molecule has 6 heteroatoms. The van der Waals surface area contributed by atoms with Crippen LogP contribution in [0.4, 0.5) is 9.18 Å². The molecule has 3 rings (SSSR count). The predicted molar refractivity (Wildman–Crippen MR) is 104 cm³/mol. The first kappa shape index (κ1) is 18.9. The summed E-state index contributed by atoms with van der Waals surface area (Å²) in [6, 6.07) is 14.8. The summed E-state index contributed by atoms with van der Waals surface area (Å²) in [4.78, 5) is 14.2. The summed E-state index contributed by atoms with van der Waals surface area (Å²) in [7, 11) is 0. The van der Waals surface area contributed by atoms with Crippen LogP contribution in [0.5, 0.6) is 0 Å². The quantitative estimate of drug-likeness (QED) is 0.559. The number of nitrogens with two attached hydrogens (primary N) is 1. The molecule has 0 bridgehead atoms. The lowest BCUT2D eigenvalue weighted by molar-refractivity contribution is 0.170. The highest BCUT2D eigenvalue weighted by Gasteiger charge is 2.22. The van der Waals surface area contributed by atoms with Gasteiger partial charge in [0.1, 0.15) is 11.7 Å². The number of halogens is 1. The van der Waals surface area contributed by atoms with E-state index < -0.39 is 5.82 Å². The van der Waals surface area contributed by atoms with Crippen molar-refractivity contribution < 1.29 is 9.18 Å². The van der Waals surface area contributed by atoms with Gasteiger partial charge >= 0.3 is 6.03 Å². The van der Waals surface area contributed by atoms with Gasteiger partial charge in [-0.1, -0.05) is 36.4 Å². The third-order valence-electron chi connectivity index (χ3n) is 5.04. The van der Waals surface area contributed by atoms with Crippen molar-refractivity contribution in [2.75, 3.05) is 13.1 Å². The number of carbonyl (C=O) groups is 1. The number of benzene rings is 2. The number of carbonyl (C=O) groups excluding carboxylic acids is 1. The van der Waals surface area contributed by atoms with Crippen LogP contribution in [-0.4, -0.2) is 29.9 Å². The molecule has 0 spiro atoms. The van der Waals surface area contributed by atoms with Crippen LogP contribution in [0.25, 0.3) is 0 Å². The standard InChI is InChI=1S/C21H25FN4O/c22-19-13-17(6-7-18(19)20(23)24)14-25-21(27)26-10-8-16(9-11-26)12-15-4-2-1-3-5-15/h1-7,13,16H,8-12,14H2,(H3,23,24)(H,25,27).